The second-order valence-corrected chi connectivity index (χ2v) is 12.5. The van der Waals surface area contributed by atoms with Gasteiger partial charge in [0.1, 0.15) is 11.5 Å². The van der Waals surface area contributed by atoms with Crippen LogP contribution in [-0.4, -0.2) is 51.0 Å². The van der Waals surface area contributed by atoms with E-state index in [4.69, 9.17) is 11.6 Å². The number of halogens is 1. The van der Waals surface area contributed by atoms with Crippen molar-refractivity contribution in [3.63, 3.8) is 0 Å². The Morgan fingerprint density at radius 2 is 1.49 bits per heavy atom. The van der Waals surface area contributed by atoms with Crippen molar-refractivity contribution < 1.29 is 19.8 Å². The number of aromatic amines is 2. The van der Waals surface area contributed by atoms with Crippen molar-refractivity contribution >= 4 is 56.6 Å². The first-order valence-corrected chi connectivity index (χ1v) is 14.1. The minimum absolute atomic E-state index is 0.0198. The van der Waals surface area contributed by atoms with Gasteiger partial charge in [-0.1, -0.05) is 0 Å². The monoisotopic (exact) mass is 544 g/mol. The Morgan fingerprint density at radius 1 is 0.923 bits per heavy atom. The lowest BCUT2D eigenvalue weighted by atomic mass is 9.34. The van der Waals surface area contributed by atoms with Gasteiger partial charge >= 0.3 is 0 Å². The number of rotatable bonds is 3. The lowest BCUT2D eigenvalue weighted by Crippen LogP contribution is -2.72. The van der Waals surface area contributed by atoms with Crippen molar-refractivity contribution in [3.8, 4) is 11.5 Å². The van der Waals surface area contributed by atoms with Gasteiger partial charge in [-0.05, 0) is 61.8 Å². The second kappa shape index (κ2) is 7.30. The molecule has 5 aliphatic rings. The summed E-state index contributed by atoms with van der Waals surface area (Å²) in [5.41, 5.74) is 6.04. The molecule has 2 amide bonds. The number of phenols is 2. The maximum absolute atomic E-state index is 14.0. The van der Waals surface area contributed by atoms with Crippen LogP contribution in [-0.2, 0) is 16.0 Å². The fraction of sp³-hybridized carbons (Fsp3) is 0.400. The van der Waals surface area contributed by atoms with E-state index in [2.05, 4.69) is 9.97 Å². The molecule has 39 heavy (non-hydrogen) atoms. The lowest BCUT2D eigenvalue weighted by Gasteiger charge is -2.69. The number of nitrogens with zero attached hydrogens (tertiary/aromatic N) is 2. The van der Waals surface area contributed by atoms with Gasteiger partial charge in [0.05, 0.1) is 33.2 Å². The van der Waals surface area contributed by atoms with E-state index in [1.165, 1.54) is 0 Å². The Balaban J connectivity index is 1.08. The molecule has 9 rings (SSSR count). The molecule has 2 bridgehead atoms. The summed E-state index contributed by atoms with van der Waals surface area (Å²) in [7, 11) is 0. The Morgan fingerprint density at radius 3 is 2.13 bits per heavy atom. The van der Waals surface area contributed by atoms with E-state index >= 15 is 0 Å². The molecule has 4 N–H and O–H groups in total. The zero-order valence-electron chi connectivity index (χ0n) is 21.8. The van der Waals surface area contributed by atoms with Crippen molar-refractivity contribution in [1.29, 1.82) is 0 Å². The number of H-pyrrole nitrogens is 2. The van der Waals surface area contributed by atoms with Gasteiger partial charge in [0.25, 0.3) is 0 Å². The highest BCUT2D eigenvalue weighted by Gasteiger charge is 2.76. The van der Waals surface area contributed by atoms with Crippen LogP contribution in [0.5, 0.6) is 11.5 Å². The molecule has 3 aliphatic carbocycles. The van der Waals surface area contributed by atoms with Gasteiger partial charge in [-0.15, -0.1) is 11.6 Å². The molecule has 8 nitrogen and oxygen atoms in total. The van der Waals surface area contributed by atoms with Crippen LogP contribution in [0, 0.1) is 24.7 Å². The maximum atomic E-state index is 14.0. The first-order chi connectivity index (χ1) is 18.7. The summed E-state index contributed by atoms with van der Waals surface area (Å²) in [5.74, 6) is 0.724. The minimum atomic E-state index is -0.544. The molecule has 3 fully saturated rings. The maximum Gasteiger partial charge on any atom is 0.233 e. The lowest BCUT2D eigenvalue weighted by molar-refractivity contribution is -0.204. The molecule has 0 spiro atoms. The van der Waals surface area contributed by atoms with Crippen LogP contribution in [0.3, 0.4) is 0 Å². The zero-order valence-corrected chi connectivity index (χ0v) is 22.6. The van der Waals surface area contributed by atoms with E-state index < -0.39 is 10.8 Å². The molecule has 3 saturated carbocycles. The zero-order chi connectivity index (χ0) is 27.0. The third kappa shape index (κ3) is 2.70. The number of hydrogen-bond donors (Lipinski definition) is 4. The number of anilines is 2. The molecule has 9 heteroatoms. The number of alkyl halides is 1. The van der Waals surface area contributed by atoms with Gasteiger partial charge in [0.15, 0.2) is 0 Å². The van der Waals surface area contributed by atoms with Gasteiger partial charge in [0.2, 0.25) is 11.8 Å². The molecule has 1 atom stereocenters. The molecule has 2 aromatic carbocycles. The van der Waals surface area contributed by atoms with Crippen LogP contribution in [0.1, 0.15) is 47.4 Å². The van der Waals surface area contributed by atoms with Crippen molar-refractivity contribution in [3.05, 3.63) is 46.8 Å². The van der Waals surface area contributed by atoms with Crippen LogP contribution >= 0.6 is 11.6 Å². The quantitative estimate of drug-likeness (QED) is 0.269. The summed E-state index contributed by atoms with van der Waals surface area (Å²) in [6, 6.07) is 3.39. The number of aromatic hydroxyl groups is 2. The third-order valence-corrected chi connectivity index (χ3v) is 10.3. The molecule has 0 radical (unpaired) electrons. The molecule has 2 aliphatic heterocycles. The fourth-order valence-electron chi connectivity index (χ4n) is 8.24. The van der Waals surface area contributed by atoms with E-state index in [9.17, 15) is 19.8 Å². The number of aryl methyl sites for hydroxylation is 2. The number of carbonyl (C=O) groups excluding carboxylic acids is 2. The molecule has 4 aromatic rings. The number of carbonyl (C=O) groups is 2. The Labute approximate surface area is 229 Å². The number of hydrogen-bond acceptors (Lipinski definition) is 4. The van der Waals surface area contributed by atoms with Crippen LogP contribution in [0.25, 0.3) is 21.8 Å². The fourth-order valence-corrected chi connectivity index (χ4v) is 8.49. The van der Waals surface area contributed by atoms with Gasteiger partial charge < -0.3 is 30.0 Å². The van der Waals surface area contributed by atoms with Gasteiger partial charge in [-0.2, -0.15) is 0 Å². The van der Waals surface area contributed by atoms with Crippen molar-refractivity contribution in [2.24, 2.45) is 10.8 Å². The van der Waals surface area contributed by atoms with Crippen LogP contribution < -0.4 is 9.80 Å². The van der Waals surface area contributed by atoms with Crippen molar-refractivity contribution in [2.45, 2.75) is 45.4 Å². The van der Waals surface area contributed by atoms with Gasteiger partial charge in [-0.3, -0.25) is 9.59 Å². The molecule has 4 heterocycles. The van der Waals surface area contributed by atoms with E-state index in [-0.39, 0.29) is 29.2 Å². The SMILES string of the molecule is Cc1c[nH]c2c(O)cc3c(c12)CCN3C(=O)C12CC(C(=O)N3CC(CCl)c4c3cc(O)c3[nH]cc(C)c43)(C1)C2. The van der Waals surface area contributed by atoms with Gasteiger partial charge in [0, 0.05) is 60.2 Å². The number of fused-ring (bicyclic) bond motifs is 6. The Kier molecular flexibility index (Phi) is 4.35. The minimum Gasteiger partial charge on any atom is -0.506 e. The first-order valence-electron chi connectivity index (χ1n) is 13.5. The smallest absolute Gasteiger partial charge is 0.233 e. The highest BCUT2D eigenvalue weighted by atomic mass is 35.5. The Bertz CT molecular complexity index is 1770. The molecule has 0 saturated heterocycles. The Hall–Kier alpha value is -3.65. The summed E-state index contributed by atoms with van der Waals surface area (Å²) in [5, 5.41) is 23.3. The predicted octanol–water partition coefficient (Wildman–Crippen LogP) is 5.11. The third-order valence-electron chi connectivity index (χ3n) is 9.96. The summed E-state index contributed by atoms with van der Waals surface area (Å²) in [4.78, 5) is 37.8. The van der Waals surface area contributed by atoms with Crippen molar-refractivity contribution in [1.82, 2.24) is 9.97 Å². The molecular weight excluding hydrogens is 516 g/mol. The van der Waals surface area contributed by atoms with Crippen LogP contribution in [0.15, 0.2) is 24.5 Å². The summed E-state index contributed by atoms with van der Waals surface area (Å²) in [6.45, 7) is 5.06. The normalized spacial score (nSPS) is 26.6. The highest BCUT2D eigenvalue weighted by molar-refractivity contribution is 6.19. The highest BCUT2D eigenvalue weighted by Crippen LogP contribution is 2.75. The molecule has 1 unspecified atom stereocenters. The summed E-state index contributed by atoms with van der Waals surface area (Å²) < 4.78 is 0. The van der Waals surface area contributed by atoms with Crippen LogP contribution in [0.2, 0.25) is 0 Å². The largest absolute Gasteiger partial charge is 0.506 e. The summed E-state index contributed by atoms with van der Waals surface area (Å²) in [6.07, 6.45) is 6.12. The molecule has 200 valence electrons. The summed E-state index contributed by atoms with van der Waals surface area (Å²) >= 11 is 6.38. The topological polar surface area (TPSA) is 113 Å². The predicted molar refractivity (Wildman–Crippen MR) is 150 cm³/mol. The van der Waals surface area contributed by atoms with E-state index in [1.54, 1.807) is 17.0 Å². The van der Waals surface area contributed by atoms with E-state index in [1.807, 2.05) is 31.1 Å². The number of phenolic OH excluding ortho intramolecular Hbond substituents is 2. The van der Waals surface area contributed by atoms with Crippen LogP contribution in [0.4, 0.5) is 11.4 Å². The van der Waals surface area contributed by atoms with Crippen molar-refractivity contribution in [2.75, 3.05) is 28.8 Å². The standard InChI is InChI=1S/C30H29ClN4O4/c1-14-8-32-25-20(36)5-18-17(22(14)25)3-4-34(18)27(38)29-11-30(12-29,13-29)28(39)35-10-16(7-31)24-19(35)6-21(37)26-23(24)15(2)9-33-26/h5-6,8-9,16,32-33,36-37H,3-4,7,10-13H2,1-2H3. The number of benzene rings is 2. The average molecular weight is 545 g/mol. The van der Waals surface area contributed by atoms with E-state index in [0.29, 0.717) is 43.7 Å². The number of aromatic nitrogens is 2. The molecular formula is C30H29ClN4O4. The number of amides is 2. The number of nitrogens with one attached hydrogen (secondary N) is 2. The van der Waals surface area contributed by atoms with Gasteiger partial charge in [-0.25, -0.2) is 0 Å². The molecule has 2 aromatic heterocycles. The van der Waals surface area contributed by atoms with E-state index in [0.717, 1.165) is 56.3 Å². The first kappa shape index (κ1) is 23.3. The second-order valence-electron chi connectivity index (χ2n) is 12.2. The average Bonchev–Trinajstić information content (AvgIpc) is 3.62.